The van der Waals surface area contributed by atoms with Crippen LogP contribution in [-0.4, -0.2) is 24.3 Å². The highest BCUT2D eigenvalue weighted by atomic mass is 16.5. The highest BCUT2D eigenvalue weighted by Crippen LogP contribution is 2.16. The third kappa shape index (κ3) is 7.11. The first-order chi connectivity index (χ1) is 13.3. The Morgan fingerprint density at radius 2 is 1.50 bits per heavy atom. The van der Waals surface area contributed by atoms with Gasteiger partial charge in [-0.15, -0.1) is 0 Å². The van der Waals surface area contributed by atoms with E-state index in [2.05, 4.69) is 16.2 Å². The molecule has 0 aliphatic carbocycles. The molecule has 7 nitrogen and oxygen atoms in total. The Kier molecular flexibility index (Phi) is 7.56. The lowest BCUT2D eigenvalue weighted by molar-refractivity contribution is -0.130. The zero-order chi connectivity index (χ0) is 20.5. The summed E-state index contributed by atoms with van der Waals surface area (Å²) >= 11 is 0. The Hall–Kier alpha value is -3.35. The van der Waals surface area contributed by atoms with Crippen LogP contribution in [0.4, 0.5) is 5.69 Å². The maximum absolute atomic E-state index is 12.0. The maximum atomic E-state index is 12.0. The van der Waals surface area contributed by atoms with Gasteiger partial charge in [-0.05, 0) is 50.1 Å². The highest BCUT2D eigenvalue weighted by molar-refractivity contribution is 5.94. The van der Waals surface area contributed by atoms with Crippen molar-refractivity contribution in [3.63, 3.8) is 0 Å². The molecule has 0 fully saturated rings. The summed E-state index contributed by atoms with van der Waals surface area (Å²) in [5.74, 6) is -0.643. The number of hydrazine groups is 1. The van der Waals surface area contributed by atoms with E-state index in [0.29, 0.717) is 5.75 Å². The van der Waals surface area contributed by atoms with E-state index < -0.39 is 11.8 Å². The molecule has 2 rings (SSSR count). The smallest absolute Gasteiger partial charge is 0.276 e. The van der Waals surface area contributed by atoms with E-state index in [0.717, 1.165) is 22.4 Å². The number of amides is 3. The molecule has 7 heteroatoms. The number of hydrogen-bond acceptors (Lipinski definition) is 4. The van der Waals surface area contributed by atoms with Gasteiger partial charge in [-0.2, -0.15) is 0 Å². The van der Waals surface area contributed by atoms with Gasteiger partial charge in [0.05, 0.1) is 0 Å². The number of ether oxygens (including phenoxy) is 1. The number of nitrogens with one attached hydrogen (secondary N) is 3. The molecule has 0 saturated carbocycles. The predicted octanol–water partition coefficient (Wildman–Crippen LogP) is 2.56. The van der Waals surface area contributed by atoms with Gasteiger partial charge in [0.25, 0.3) is 5.91 Å². The molecule has 148 valence electrons. The van der Waals surface area contributed by atoms with Crippen molar-refractivity contribution < 1.29 is 19.1 Å². The first-order valence-corrected chi connectivity index (χ1v) is 8.98. The topological polar surface area (TPSA) is 96.5 Å². The number of carbonyl (C=O) groups is 3. The van der Waals surface area contributed by atoms with E-state index >= 15 is 0 Å². The minimum Gasteiger partial charge on any atom is -0.484 e. The molecule has 0 unspecified atom stereocenters. The lowest BCUT2D eigenvalue weighted by atomic mass is 10.1. The van der Waals surface area contributed by atoms with Crippen molar-refractivity contribution in [3.05, 3.63) is 59.2 Å². The van der Waals surface area contributed by atoms with Crippen molar-refractivity contribution >= 4 is 23.4 Å². The molecule has 0 spiro atoms. The second-order valence-electron chi connectivity index (χ2n) is 6.57. The van der Waals surface area contributed by atoms with Gasteiger partial charge in [0.2, 0.25) is 11.8 Å². The molecule has 0 aliphatic heterocycles. The zero-order valence-electron chi connectivity index (χ0n) is 16.3. The number of hydrogen-bond donors (Lipinski definition) is 3. The van der Waals surface area contributed by atoms with Crippen LogP contribution in [0.5, 0.6) is 5.75 Å². The molecule has 28 heavy (non-hydrogen) atoms. The molecule has 0 bridgehead atoms. The van der Waals surface area contributed by atoms with Crippen molar-refractivity contribution in [1.82, 2.24) is 10.9 Å². The molecular formula is C21H25N3O4. The summed E-state index contributed by atoms with van der Waals surface area (Å²) < 4.78 is 5.34. The van der Waals surface area contributed by atoms with E-state index in [9.17, 15) is 14.4 Å². The number of rotatable bonds is 7. The van der Waals surface area contributed by atoms with Crippen LogP contribution in [0.2, 0.25) is 0 Å². The molecule has 0 aromatic heterocycles. The molecule has 0 heterocycles. The molecule has 0 atom stereocenters. The van der Waals surface area contributed by atoms with Crippen LogP contribution >= 0.6 is 0 Å². The van der Waals surface area contributed by atoms with Crippen LogP contribution in [0.15, 0.2) is 42.5 Å². The largest absolute Gasteiger partial charge is 0.484 e. The Bertz CT molecular complexity index is 864. The molecule has 2 aromatic carbocycles. The Labute approximate surface area is 164 Å². The maximum Gasteiger partial charge on any atom is 0.276 e. The van der Waals surface area contributed by atoms with Gasteiger partial charge < -0.3 is 10.1 Å². The average molecular weight is 383 g/mol. The number of anilines is 1. The second kappa shape index (κ2) is 10.1. The van der Waals surface area contributed by atoms with Gasteiger partial charge in [-0.25, -0.2) is 0 Å². The summed E-state index contributed by atoms with van der Waals surface area (Å²) in [5.41, 5.74) is 8.33. The summed E-state index contributed by atoms with van der Waals surface area (Å²) in [6.07, 6.45) is -0.0371. The van der Waals surface area contributed by atoms with Crippen LogP contribution < -0.4 is 20.9 Å². The van der Waals surface area contributed by atoms with E-state index in [1.807, 2.05) is 51.1 Å². The monoisotopic (exact) mass is 383 g/mol. The van der Waals surface area contributed by atoms with Gasteiger partial charge in [0.1, 0.15) is 5.75 Å². The summed E-state index contributed by atoms with van der Waals surface area (Å²) in [7, 11) is 0. The van der Waals surface area contributed by atoms with Gasteiger partial charge in [0.15, 0.2) is 6.61 Å². The van der Waals surface area contributed by atoms with Crippen molar-refractivity contribution in [3.8, 4) is 5.75 Å². The normalized spacial score (nSPS) is 10.1. The zero-order valence-corrected chi connectivity index (χ0v) is 16.3. The molecule has 0 aliphatic rings. The van der Waals surface area contributed by atoms with E-state index in [4.69, 9.17) is 4.74 Å². The first-order valence-electron chi connectivity index (χ1n) is 8.98. The summed E-state index contributed by atoms with van der Waals surface area (Å²) in [6, 6.07) is 13.0. The van der Waals surface area contributed by atoms with Gasteiger partial charge in [-0.1, -0.05) is 29.8 Å². The average Bonchev–Trinajstić information content (AvgIpc) is 2.65. The fourth-order valence-electron chi connectivity index (χ4n) is 2.49. The SMILES string of the molecule is Cc1cccc(OCC(=O)NNC(=O)CCC(=O)Nc2ccc(C)cc2C)c1. The number of carbonyl (C=O) groups excluding carboxylic acids is 3. The van der Waals surface area contributed by atoms with Crippen LogP contribution in [0.25, 0.3) is 0 Å². The standard InChI is InChI=1S/C21H25N3O4/c1-14-5-4-6-17(12-14)28-13-21(27)24-23-20(26)10-9-19(25)22-18-8-7-15(2)11-16(18)3/h4-8,11-12H,9-10,13H2,1-3H3,(H,22,25)(H,23,26)(H,24,27). The minimum absolute atomic E-state index is 0.00874. The molecule has 0 radical (unpaired) electrons. The summed E-state index contributed by atoms with van der Waals surface area (Å²) in [6.45, 7) is 5.58. The second-order valence-corrected chi connectivity index (χ2v) is 6.57. The lowest BCUT2D eigenvalue weighted by Crippen LogP contribution is -2.44. The molecule has 3 N–H and O–H groups in total. The highest BCUT2D eigenvalue weighted by Gasteiger charge is 2.10. The molecule has 2 aromatic rings. The molecule has 0 saturated heterocycles. The van der Waals surface area contributed by atoms with Gasteiger partial charge >= 0.3 is 0 Å². The van der Waals surface area contributed by atoms with E-state index in [1.165, 1.54) is 0 Å². The van der Waals surface area contributed by atoms with E-state index in [-0.39, 0.29) is 25.4 Å². The van der Waals surface area contributed by atoms with E-state index in [1.54, 1.807) is 12.1 Å². The summed E-state index contributed by atoms with van der Waals surface area (Å²) in [5, 5.41) is 2.77. The predicted molar refractivity (Wildman–Crippen MR) is 107 cm³/mol. The fourth-order valence-corrected chi connectivity index (χ4v) is 2.49. The third-order valence-corrected chi connectivity index (χ3v) is 3.94. The van der Waals surface area contributed by atoms with Crippen LogP contribution in [-0.2, 0) is 14.4 Å². The number of benzene rings is 2. The van der Waals surface area contributed by atoms with Crippen molar-refractivity contribution in [2.75, 3.05) is 11.9 Å². The quantitative estimate of drug-likeness (QED) is 0.640. The Morgan fingerprint density at radius 1 is 0.821 bits per heavy atom. The van der Waals surface area contributed by atoms with Crippen LogP contribution in [0.3, 0.4) is 0 Å². The fraction of sp³-hybridized carbons (Fsp3) is 0.286. The summed E-state index contributed by atoms with van der Waals surface area (Å²) in [4.78, 5) is 35.5. The first kappa shape index (κ1) is 21.0. The van der Waals surface area contributed by atoms with Crippen molar-refractivity contribution in [1.29, 1.82) is 0 Å². The molecule has 3 amide bonds. The minimum atomic E-state index is -0.491. The Morgan fingerprint density at radius 3 is 2.21 bits per heavy atom. The van der Waals surface area contributed by atoms with Gasteiger partial charge in [0, 0.05) is 18.5 Å². The van der Waals surface area contributed by atoms with Gasteiger partial charge in [-0.3, -0.25) is 25.2 Å². The molecular weight excluding hydrogens is 358 g/mol. The third-order valence-electron chi connectivity index (χ3n) is 3.94. The van der Waals surface area contributed by atoms with Crippen LogP contribution in [0.1, 0.15) is 29.5 Å². The van der Waals surface area contributed by atoms with Crippen molar-refractivity contribution in [2.24, 2.45) is 0 Å². The number of aryl methyl sites for hydroxylation is 3. The lowest BCUT2D eigenvalue weighted by Gasteiger charge is -2.10. The van der Waals surface area contributed by atoms with Crippen LogP contribution in [0, 0.1) is 20.8 Å². The Balaban J connectivity index is 1.66. The van der Waals surface area contributed by atoms with Crippen molar-refractivity contribution in [2.45, 2.75) is 33.6 Å².